The second-order valence-corrected chi connectivity index (χ2v) is 4.35. The smallest absolute Gasteiger partial charge is 0.192 e. The Bertz CT molecular complexity index is 315. The fraction of sp³-hybridized carbons (Fsp3) is 1.00. The van der Waals surface area contributed by atoms with Crippen LogP contribution in [-0.4, -0.2) is 41.5 Å². The molecule has 100 valence electrons. The molecule has 2 saturated heterocycles. The summed E-state index contributed by atoms with van der Waals surface area (Å²) in [6.07, 6.45) is -0.422. The molecule has 0 amide bonds. The van der Waals surface area contributed by atoms with E-state index in [-0.39, 0.29) is 12.8 Å². The Kier molecular flexibility index (Phi) is 2.16. The molecule has 0 aromatic carbocycles. The molecule has 2 aliphatic heterocycles. The Hall–Kier alpha value is -0.600. The molecule has 1 spiro atoms. The molecule has 0 aromatic rings. The molecule has 2 heterocycles. The van der Waals surface area contributed by atoms with Gasteiger partial charge in [0.15, 0.2) is 0 Å². The minimum absolute atomic E-state index is 0.211. The number of hydrogen-bond donors (Lipinski definition) is 0. The van der Waals surface area contributed by atoms with Crippen LogP contribution in [0.3, 0.4) is 0 Å². The zero-order valence-corrected chi connectivity index (χ0v) is 8.30. The van der Waals surface area contributed by atoms with Crippen molar-refractivity contribution >= 4 is 0 Å². The van der Waals surface area contributed by atoms with Crippen molar-refractivity contribution in [2.24, 2.45) is 0 Å². The van der Waals surface area contributed by atoms with Gasteiger partial charge in [-0.2, -0.15) is 22.0 Å². The van der Waals surface area contributed by atoms with Crippen molar-refractivity contribution in [3.63, 3.8) is 0 Å². The Morgan fingerprint density at radius 2 is 0.882 bits per heavy atom. The lowest BCUT2D eigenvalue weighted by Gasteiger charge is -2.37. The molecule has 0 bridgehead atoms. The van der Waals surface area contributed by atoms with Crippen LogP contribution >= 0.6 is 0 Å². The highest BCUT2D eigenvalue weighted by Gasteiger charge is 3.02. The molecule has 2 fully saturated rings. The van der Waals surface area contributed by atoms with Gasteiger partial charge in [-0.05, 0) is 0 Å². The minimum atomic E-state index is -6.05. The van der Waals surface area contributed by atoms with Gasteiger partial charge in [0.1, 0.15) is 0 Å². The first-order valence-corrected chi connectivity index (χ1v) is 4.84. The van der Waals surface area contributed by atoms with E-state index in [1.54, 1.807) is 0 Å². The molecule has 0 atom stereocenters. The minimum Gasteiger partial charge on any atom is -0.192 e. The Morgan fingerprint density at radius 1 is 0.588 bits per heavy atom. The number of alkyl halides is 8. The molecular formula is C8H8F8N+. The van der Waals surface area contributed by atoms with Gasteiger partial charge in [0.2, 0.25) is 0 Å². The molecule has 0 aromatic heterocycles. The summed E-state index contributed by atoms with van der Waals surface area (Å²) in [5, 5.41) is 0. The van der Waals surface area contributed by atoms with Crippen LogP contribution in [0.4, 0.5) is 35.1 Å². The molecule has 2 aliphatic rings. The first-order chi connectivity index (χ1) is 7.46. The van der Waals surface area contributed by atoms with Gasteiger partial charge < -0.3 is 0 Å². The predicted molar refractivity (Wildman–Crippen MR) is 39.0 cm³/mol. The highest BCUT2D eigenvalue weighted by molar-refractivity contribution is 5.05. The Morgan fingerprint density at radius 3 is 1.18 bits per heavy atom. The summed E-state index contributed by atoms with van der Waals surface area (Å²) in [5.41, 5.74) is 0. The number of nitrogens with zero attached hydrogens (tertiary/aromatic N) is 1. The summed E-state index contributed by atoms with van der Waals surface area (Å²) in [4.78, 5) is 0. The van der Waals surface area contributed by atoms with Crippen molar-refractivity contribution in [2.45, 2.75) is 36.8 Å². The molecule has 1 nitrogen and oxygen atoms in total. The standard InChI is InChI=1S/C8H8F8N/c9-5(10)6(11,12)8(15,16)17(7(5,13)14)3-1-2-4-17/h1-4H2/q+1. The molecular weight excluding hydrogens is 262 g/mol. The summed E-state index contributed by atoms with van der Waals surface area (Å²) in [6.45, 7) is -2.16. The van der Waals surface area contributed by atoms with Crippen LogP contribution in [0, 0.1) is 0 Å². The maximum Gasteiger partial charge on any atom is 0.467 e. The van der Waals surface area contributed by atoms with E-state index < -0.39 is 41.5 Å². The molecule has 0 radical (unpaired) electrons. The largest absolute Gasteiger partial charge is 0.467 e. The summed E-state index contributed by atoms with van der Waals surface area (Å²) in [6, 6.07) is -10.9. The zero-order chi connectivity index (χ0) is 13.3. The van der Waals surface area contributed by atoms with Gasteiger partial charge in [0.05, 0.1) is 13.1 Å². The summed E-state index contributed by atoms with van der Waals surface area (Å²) in [7, 11) is 0. The van der Waals surface area contributed by atoms with Gasteiger partial charge in [-0.3, -0.25) is 0 Å². The lowest BCUT2D eigenvalue weighted by Crippen LogP contribution is -2.65. The molecule has 0 saturated carbocycles. The van der Waals surface area contributed by atoms with Crippen LogP contribution in [0.25, 0.3) is 0 Å². The van der Waals surface area contributed by atoms with Gasteiger partial charge in [-0.1, -0.05) is 0 Å². The maximum absolute atomic E-state index is 13.3. The van der Waals surface area contributed by atoms with E-state index in [1.807, 2.05) is 0 Å². The van der Waals surface area contributed by atoms with E-state index in [1.165, 1.54) is 0 Å². The monoisotopic (exact) mass is 270 g/mol. The van der Waals surface area contributed by atoms with Gasteiger partial charge in [-0.15, -0.1) is 17.6 Å². The van der Waals surface area contributed by atoms with Crippen molar-refractivity contribution in [3.05, 3.63) is 0 Å². The predicted octanol–water partition coefficient (Wildman–Crippen LogP) is 3.07. The third-order valence-corrected chi connectivity index (χ3v) is 3.55. The van der Waals surface area contributed by atoms with E-state index in [9.17, 15) is 35.1 Å². The lowest BCUT2D eigenvalue weighted by atomic mass is 10.2. The fourth-order valence-corrected chi connectivity index (χ4v) is 2.53. The van der Waals surface area contributed by atoms with Crippen molar-refractivity contribution in [1.29, 1.82) is 0 Å². The number of quaternary nitrogens is 1. The zero-order valence-electron chi connectivity index (χ0n) is 8.30. The van der Waals surface area contributed by atoms with Crippen LogP contribution in [0.15, 0.2) is 0 Å². The van der Waals surface area contributed by atoms with Crippen molar-refractivity contribution in [3.8, 4) is 0 Å². The second kappa shape index (κ2) is 2.86. The quantitative estimate of drug-likeness (QED) is 0.360. The van der Waals surface area contributed by atoms with Gasteiger partial charge >= 0.3 is 23.9 Å². The third kappa shape index (κ3) is 0.970. The van der Waals surface area contributed by atoms with Gasteiger partial charge in [0.25, 0.3) is 0 Å². The van der Waals surface area contributed by atoms with Crippen molar-refractivity contribution in [2.75, 3.05) is 13.1 Å². The van der Waals surface area contributed by atoms with Crippen LogP contribution in [0.5, 0.6) is 0 Å². The third-order valence-electron chi connectivity index (χ3n) is 3.55. The summed E-state index contributed by atoms with van der Waals surface area (Å²) >= 11 is 0. The number of hydrogen-bond acceptors (Lipinski definition) is 0. The van der Waals surface area contributed by atoms with E-state index in [0.717, 1.165) is 0 Å². The SMILES string of the molecule is FC1(F)C(F)(F)C(F)(F)[N+]2(CCCC2)C1(F)F. The van der Waals surface area contributed by atoms with E-state index in [4.69, 9.17) is 0 Å². The Balaban J connectivity index is 2.69. The molecule has 0 N–H and O–H groups in total. The average molecular weight is 270 g/mol. The van der Waals surface area contributed by atoms with Crippen LogP contribution in [0.1, 0.15) is 12.8 Å². The van der Waals surface area contributed by atoms with Crippen molar-refractivity contribution < 1.29 is 39.6 Å². The number of halogens is 8. The Labute approximate surface area is 90.6 Å². The van der Waals surface area contributed by atoms with E-state index in [2.05, 4.69) is 0 Å². The van der Waals surface area contributed by atoms with Crippen molar-refractivity contribution in [1.82, 2.24) is 0 Å². The number of rotatable bonds is 0. The molecule has 2 rings (SSSR count). The van der Waals surface area contributed by atoms with Crippen LogP contribution in [-0.2, 0) is 0 Å². The fourth-order valence-electron chi connectivity index (χ4n) is 2.53. The summed E-state index contributed by atoms with van der Waals surface area (Å²) in [5.74, 6) is -12.1. The maximum atomic E-state index is 13.3. The van der Waals surface area contributed by atoms with Gasteiger partial charge in [0, 0.05) is 12.8 Å². The molecule has 9 heteroatoms. The average Bonchev–Trinajstić information content (AvgIpc) is 2.67. The van der Waals surface area contributed by atoms with Crippen LogP contribution in [0.2, 0.25) is 0 Å². The highest BCUT2D eigenvalue weighted by atomic mass is 19.4. The molecule has 0 unspecified atom stereocenters. The van der Waals surface area contributed by atoms with E-state index in [0.29, 0.717) is 0 Å². The normalized spacial score (nSPS) is 35.3. The first-order valence-electron chi connectivity index (χ1n) is 4.84. The van der Waals surface area contributed by atoms with E-state index >= 15 is 0 Å². The van der Waals surface area contributed by atoms with Gasteiger partial charge in [-0.25, -0.2) is 0 Å². The second-order valence-electron chi connectivity index (χ2n) is 4.35. The first kappa shape index (κ1) is 12.8. The highest BCUT2D eigenvalue weighted by Crippen LogP contribution is 2.67. The molecule has 17 heavy (non-hydrogen) atoms. The van der Waals surface area contributed by atoms with Crippen LogP contribution < -0.4 is 0 Å². The molecule has 0 aliphatic carbocycles. The lowest BCUT2D eigenvalue weighted by molar-refractivity contribution is -1.06. The summed E-state index contributed by atoms with van der Waals surface area (Å²) < 4.78 is 102. The topological polar surface area (TPSA) is 0 Å².